The van der Waals surface area contributed by atoms with Crippen molar-refractivity contribution in [2.24, 2.45) is 11.7 Å². The quantitative estimate of drug-likeness (QED) is 0.0525. The second-order valence-corrected chi connectivity index (χ2v) is 12.4. The van der Waals surface area contributed by atoms with Gasteiger partial charge in [0.2, 0.25) is 0 Å². The number of ether oxygens (including phenoxy) is 1. The number of carboxylic acids is 1. The first kappa shape index (κ1) is 34.3. The topological polar surface area (TPSA) is 156 Å². The van der Waals surface area contributed by atoms with Gasteiger partial charge in [0.15, 0.2) is 0 Å². The van der Waals surface area contributed by atoms with E-state index in [9.17, 15) is 15.3 Å². The first-order valence-corrected chi connectivity index (χ1v) is 13.1. The Hall–Kier alpha value is 3.31. The average Bonchev–Trinajstić information content (AvgIpc) is 2.67. The Bertz CT molecular complexity index is 495. The molecule has 170 valence electrons. The van der Waals surface area contributed by atoms with Crippen molar-refractivity contribution < 1.29 is 103 Å². The summed E-state index contributed by atoms with van der Waals surface area (Å²) in [6.07, 6.45) is 4.01. The van der Waals surface area contributed by atoms with Crippen LogP contribution in [0.2, 0.25) is 0 Å². The summed E-state index contributed by atoms with van der Waals surface area (Å²) in [5, 5.41) is 36.1. The summed E-state index contributed by atoms with van der Waals surface area (Å²) in [5.74, 6) is -0.728. The van der Waals surface area contributed by atoms with Crippen molar-refractivity contribution in [3.8, 4) is 0 Å². The normalized spacial score (nSPS) is 34.3. The Labute approximate surface area is 261 Å². The zero-order valence-corrected chi connectivity index (χ0v) is 27.2. The largest absolute Gasteiger partial charge is 1.00 e. The molecule has 2 saturated carbocycles. The number of rotatable bonds is 11. The van der Waals surface area contributed by atoms with Crippen LogP contribution in [0.1, 0.15) is 38.5 Å². The maximum absolute atomic E-state index is 11.0. The molecule has 0 saturated heterocycles. The van der Waals surface area contributed by atoms with Gasteiger partial charge in [0.05, 0.1) is 12.2 Å². The predicted molar refractivity (Wildman–Crippen MR) is 118 cm³/mol. The molecule has 0 amide bonds. The van der Waals surface area contributed by atoms with Gasteiger partial charge in [-0.15, -0.1) is 0 Å². The van der Waals surface area contributed by atoms with Crippen LogP contribution in [0.5, 0.6) is 0 Å². The van der Waals surface area contributed by atoms with Gasteiger partial charge in [0, 0.05) is 42.4 Å². The molecule has 0 aromatic heterocycles. The number of nitrogens with two attached hydrogens (primary N) is 1. The van der Waals surface area contributed by atoms with E-state index in [0.717, 1.165) is 36.9 Å². The molecule has 0 spiro atoms. The molecule has 5 atom stereocenters. The third kappa shape index (κ3) is 12.4. The van der Waals surface area contributed by atoms with Gasteiger partial charge in [-0.25, -0.2) is 0 Å². The van der Waals surface area contributed by atoms with E-state index in [0.29, 0.717) is 25.7 Å². The van der Waals surface area contributed by atoms with Gasteiger partial charge in [-0.05, 0) is 44.4 Å². The number of aliphatic carboxylic acids is 1. The monoisotopic (exact) mass is 725 g/mol. The van der Waals surface area contributed by atoms with Crippen LogP contribution in [0, 0.1) is 5.92 Å². The molecule has 10 nitrogen and oxygen atoms in total. The summed E-state index contributed by atoms with van der Waals surface area (Å²) in [6.45, 7) is 0. The smallest absolute Gasteiger partial charge is 0.691 e. The maximum Gasteiger partial charge on any atom is 1.00 e. The van der Waals surface area contributed by atoms with Crippen molar-refractivity contribution in [1.82, 2.24) is 0 Å². The molecular weight excluding hydrogens is 702 g/mol. The van der Waals surface area contributed by atoms with E-state index >= 15 is 0 Å². The van der Waals surface area contributed by atoms with Crippen LogP contribution in [0.3, 0.4) is 0 Å². The Kier molecular flexibility index (Phi) is 20.5. The van der Waals surface area contributed by atoms with E-state index in [1.54, 1.807) is 0 Å². The van der Waals surface area contributed by atoms with Crippen molar-refractivity contribution in [1.29, 1.82) is 0 Å². The molecule has 3 N–H and O–H groups in total. The van der Waals surface area contributed by atoms with E-state index in [-0.39, 0.29) is 95.6 Å². The molecular formula is C15H23I2NNa2O9S2. The molecule has 5 unspecified atom stereocenters. The Balaban J connectivity index is 0.00000450. The molecule has 0 heterocycles. The van der Waals surface area contributed by atoms with E-state index in [2.05, 4.69) is 63.9 Å². The maximum atomic E-state index is 11.0. The van der Waals surface area contributed by atoms with Crippen LogP contribution >= 0.6 is 69.3 Å². The van der Waals surface area contributed by atoms with Crippen LogP contribution < -0.4 is 75.4 Å². The number of carbonyl (C=O) groups is 1. The molecule has 0 bridgehead atoms. The fourth-order valence-corrected chi connectivity index (χ4v) is 9.04. The van der Waals surface area contributed by atoms with Gasteiger partial charge in [-0.2, -0.15) is 8.67 Å². The van der Waals surface area contributed by atoms with Crippen LogP contribution in [-0.4, -0.2) is 47.7 Å². The fraction of sp³-hybridized carbons (Fsp3) is 0.933. The van der Waals surface area contributed by atoms with Crippen LogP contribution in [-0.2, 0) is 28.3 Å². The summed E-state index contributed by atoms with van der Waals surface area (Å²) in [4.78, 5) is 11.0. The predicted octanol–water partition coefficient (Wildman–Crippen LogP) is -4.77. The van der Waals surface area contributed by atoms with Gasteiger partial charge in [0.25, 0.3) is 0 Å². The minimum Gasteiger partial charge on any atom is -0.691 e. The van der Waals surface area contributed by atoms with Crippen molar-refractivity contribution in [3.63, 3.8) is 0 Å². The molecule has 0 aromatic carbocycles. The summed E-state index contributed by atoms with van der Waals surface area (Å²) < 4.78 is 15.8. The van der Waals surface area contributed by atoms with E-state index in [1.165, 1.54) is 0 Å². The van der Waals surface area contributed by atoms with Crippen molar-refractivity contribution in [2.45, 2.75) is 75.1 Å². The number of hydrogen-bond donors (Lipinski definition) is 2. The van der Waals surface area contributed by atoms with Gasteiger partial charge in [-0.3, -0.25) is 14.9 Å². The Morgan fingerprint density at radius 3 is 1.90 bits per heavy atom. The number of alkyl halides is 2. The third-order valence-corrected chi connectivity index (χ3v) is 9.08. The van der Waals surface area contributed by atoms with Crippen LogP contribution in [0.15, 0.2) is 0 Å². The summed E-state index contributed by atoms with van der Waals surface area (Å²) in [6, 6.07) is -0.843. The Morgan fingerprint density at radius 1 is 1.00 bits per heavy atom. The molecule has 0 aromatic rings. The van der Waals surface area contributed by atoms with Gasteiger partial charge in [-0.1, -0.05) is 45.2 Å². The van der Waals surface area contributed by atoms with Gasteiger partial charge < -0.3 is 26.1 Å². The van der Waals surface area contributed by atoms with Gasteiger partial charge in [0.1, 0.15) is 6.04 Å². The number of carboxylic acid groups (broad SMARTS) is 1. The molecule has 2 rings (SSSR count). The minimum atomic E-state index is -0.971. The second-order valence-electron chi connectivity index (χ2n) is 7.19. The van der Waals surface area contributed by atoms with E-state index < -0.39 is 12.0 Å². The molecule has 0 aliphatic heterocycles. The number of hydrogen-bond acceptors (Lipinski definition) is 11. The summed E-state index contributed by atoms with van der Waals surface area (Å²) in [7, 11) is 0. The minimum absolute atomic E-state index is 0. The van der Waals surface area contributed by atoms with Crippen molar-refractivity contribution in [2.75, 3.05) is 0 Å². The summed E-state index contributed by atoms with van der Waals surface area (Å²) >= 11 is 6.60. The SMILES string of the molecule is NC(CC1CC(I)C(OC2CC(SOO[O-])CC(SOO[O-])C2)C(I)C1)C(=O)O.[Na+].[Na+]. The molecule has 2 aliphatic rings. The molecule has 2 aliphatic carbocycles. The molecule has 31 heavy (non-hydrogen) atoms. The Morgan fingerprint density at radius 2 is 1.48 bits per heavy atom. The van der Waals surface area contributed by atoms with Crippen LogP contribution in [0.25, 0.3) is 0 Å². The number of halogens is 2. The van der Waals surface area contributed by atoms with Gasteiger partial charge >= 0.3 is 65.1 Å². The van der Waals surface area contributed by atoms with Crippen LogP contribution in [0.4, 0.5) is 0 Å². The van der Waals surface area contributed by atoms with E-state index in [4.69, 9.17) is 15.6 Å². The third-order valence-electron chi connectivity index (χ3n) is 5.07. The second kappa shape index (κ2) is 18.5. The van der Waals surface area contributed by atoms with Crippen molar-refractivity contribution >= 4 is 75.2 Å². The average molecular weight is 725 g/mol. The molecule has 2 fully saturated rings. The standard InChI is InChI=1S/C15H25I2NO9S2.2Na/c16-11-1-7(3-13(18)15(19)20)2-12(17)14(11)23-8-4-9(28-26-24-21)6-10(5-8)29-27-25-22;;/h7-14,21-22H,1-6,18H2,(H,19,20);;/q;2*+1/p-2. The summed E-state index contributed by atoms with van der Waals surface area (Å²) in [5.41, 5.74) is 5.70. The first-order valence-electron chi connectivity index (χ1n) is 8.99. The fourth-order valence-electron chi connectivity index (χ4n) is 3.85. The van der Waals surface area contributed by atoms with E-state index in [1.807, 2.05) is 0 Å². The molecule has 16 heteroatoms. The zero-order valence-electron chi connectivity index (χ0n) is 17.2. The zero-order chi connectivity index (χ0) is 21.4. The first-order chi connectivity index (χ1) is 13.8. The van der Waals surface area contributed by atoms with Crippen molar-refractivity contribution in [3.05, 3.63) is 0 Å². The molecule has 0 radical (unpaired) electrons.